The van der Waals surface area contributed by atoms with Crippen molar-refractivity contribution in [2.24, 2.45) is 0 Å². The van der Waals surface area contributed by atoms with E-state index in [1.807, 2.05) is 31.2 Å². The number of aromatic nitrogens is 2. The second kappa shape index (κ2) is 7.75. The van der Waals surface area contributed by atoms with E-state index in [9.17, 15) is 9.90 Å². The zero-order valence-electron chi connectivity index (χ0n) is 13.2. The summed E-state index contributed by atoms with van der Waals surface area (Å²) in [6.07, 6.45) is 3.36. The Hall–Kier alpha value is -2.14. The van der Waals surface area contributed by atoms with Crippen molar-refractivity contribution < 1.29 is 5.11 Å². The maximum Gasteiger partial charge on any atom is 0.275 e. The Bertz CT molecular complexity index is 663. The first-order valence-electron chi connectivity index (χ1n) is 7.78. The Kier molecular flexibility index (Phi) is 5.72. The number of unbranched alkanes of at least 4 members (excludes halogenated alkanes) is 1. The zero-order chi connectivity index (χ0) is 15.9. The first-order valence-corrected chi connectivity index (χ1v) is 7.78. The van der Waals surface area contributed by atoms with Gasteiger partial charge in [0.25, 0.3) is 5.56 Å². The Morgan fingerprint density at radius 1 is 1.23 bits per heavy atom. The van der Waals surface area contributed by atoms with Crippen LogP contribution < -0.4 is 10.9 Å². The van der Waals surface area contributed by atoms with Crippen LogP contribution in [0.2, 0.25) is 0 Å². The molecule has 0 aliphatic carbocycles. The molecule has 5 heteroatoms. The quantitative estimate of drug-likeness (QED) is 0.824. The average Bonchev–Trinajstić information content (AvgIpc) is 2.53. The van der Waals surface area contributed by atoms with Crippen LogP contribution in [0.25, 0.3) is 5.69 Å². The van der Waals surface area contributed by atoms with Gasteiger partial charge in [-0.25, -0.2) is 0 Å². The zero-order valence-corrected chi connectivity index (χ0v) is 13.2. The van der Waals surface area contributed by atoms with Crippen molar-refractivity contribution in [3.63, 3.8) is 0 Å². The third-order valence-electron chi connectivity index (χ3n) is 3.53. The maximum absolute atomic E-state index is 12.0. The highest BCUT2D eigenvalue weighted by Crippen LogP contribution is 2.14. The molecule has 0 atom stereocenters. The van der Waals surface area contributed by atoms with E-state index in [1.165, 1.54) is 16.3 Å². The van der Waals surface area contributed by atoms with Gasteiger partial charge in [0.1, 0.15) is 11.4 Å². The molecule has 0 bridgehead atoms. The lowest BCUT2D eigenvalue weighted by Crippen LogP contribution is -2.24. The van der Waals surface area contributed by atoms with Crippen molar-refractivity contribution in [3.8, 4) is 11.4 Å². The van der Waals surface area contributed by atoms with E-state index < -0.39 is 0 Å². The molecule has 2 N–H and O–H groups in total. The summed E-state index contributed by atoms with van der Waals surface area (Å²) >= 11 is 0. The van der Waals surface area contributed by atoms with Crippen LogP contribution in [0.5, 0.6) is 5.75 Å². The van der Waals surface area contributed by atoms with Gasteiger partial charge >= 0.3 is 0 Å². The summed E-state index contributed by atoms with van der Waals surface area (Å²) < 4.78 is 1.33. The highest BCUT2D eigenvalue weighted by atomic mass is 16.3. The third kappa shape index (κ3) is 3.95. The molecule has 0 aliphatic rings. The lowest BCUT2D eigenvalue weighted by molar-refractivity contribution is 0.452. The second-order valence-corrected chi connectivity index (χ2v) is 5.28. The third-order valence-corrected chi connectivity index (χ3v) is 3.53. The Morgan fingerprint density at radius 3 is 2.59 bits per heavy atom. The molecule has 5 nitrogen and oxygen atoms in total. The van der Waals surface area contributed by atoms with Gasteiger partial charge in [-0.3, -0.25) is 4.79 Å². The van der Waals surface area contributed by atoms with Crippen LogP contribution in [0.3, 0.4) is 0 Å². The van der Waals surface area contributed by atoms with Crippen LogP contribution in [0, 0.1) is 0 Å². The number of nitrogens with zero attached hydrogens (tertiary/aromatic N) is 2. The number of hydrogen-bond donors (Lipinski definition) is 2. The van der Waals surface area contributed by atoms with Crippen molar-refractivity contribution in [2.75, 3.05) is 6.54 Å². The van der Waals surface area contributed by atoms with Crippen LogP contribution in [0.15, 0.2) is 35.1 Å². The minimum absolute atomic E-state index is 0.0678. The summed E-state index contributed by atoms with van der Waals surface area (Å²) in [6, 6.07) is 9.05. The molecule has 0 fully saturated rings. The fraction of sp³-hybridized carbons (Fsp3) is 0.412. The molecule has 22 heavy (non-hydrogen) atoms. The van der Waals surface area contributed by atoms with Gasteiger partial charge in [-0.15, -0.1) is 0 Å². The van der Waals surface area contributed by atoms with Crippen LogP contribution in [0.1, 0.15) is 37.9 Å². The van der Waals surface area contributed by atoms with Gasteiger partial charge in [0.2, 0.25) is 0 Å². The smallest absolute Gasteiger partial charge is 0.275 e. The lowest BCUT2D eigenvalue weighted by Gasteiger charge is -2.10. The van der Waals surface area contributed by atoms with E-state index >= 15 is 0 Å². The number of aryl methyl sites for hydroxylation is 1. The number of rotatable bonds is 7. The van der Waals surface area contributed by atoms with E-state index in [4.69, 9.17) is 0 Å². The highest BCUT2D eigenvalue weighted by Gasteiger charge is 2.09. The van der Waals surface area contributed by atoms with Crippen molar-refractivity contribution >= 4 is 0 Å². The van der Waals surface area contributed by atoms with Crippen molar-refractivity contribution in [2.45, 2.75) is 39.7 Å². The normalized spacial score (nSPS) is 10.8. The molecule has 0 aliphatic heterocycles. The van der Waals surface area contributed by atoms with Crippen LogP contribution in [-0.4, -0.2) is 21.4 Å². The van der Waals surface area contributed by atoms with E-state index in [0.29, 0.717) is 17.9 Å². The standard InChI is InChI=1S/C17H23N3O2/c1-3-5-6-13-7-9-14(10-8-13)20-17(22)11-16(21)15(19-20)12-18-4-2/h7-11,18,21H,3-6,12H2,1-2H3. The van der Waals surface area contributed by atoms with Gasteiger partial charge in [-0.2, -0.15) is 9.78 Å². The molecule has 1 aromatic heterocycles. The molecule has 0 amide bonds. The van der Waals surface area contributed by atoms with E-state index in [0.717, 1.165) is 25.8 Å². The van der Waals surface area contributed by atoms with E-state index in [2.05, 4.69) is 17.3 Å². The second-order valence-electron chi connectivity index (χ2n) is 5.28. The summed E-state index contributed by atoms with van der Waals surface area (Å²) in [5.41, 5.74) is 2.10. The predicted molar refractivity (Wildman–Crippen MR) is 87.5 cm³/mol. The van der Waals surface area contributed by atoms with E-state index in [-0.39, 0.29) is 11.3 Å². The van der Waals surface area contributed by atoms with Crippen LogP contribution >= 0.6 is 0 Å². The molecule has 1 aromatic carbocycles. The Morgan fingerprint density at radius 2 is 1.95 bits per heavy atom. The van der Waals surface area contributed by atoms with Gasteiger partial charge in [0.05, 0.1) is 5.69 Å². The van der Waals surface area contributed by atoms with Crippen LogP contribution in [0.4, 0.5) is 0 Å². The van der Waals surface area contributed by atoms with E-state index in [1.54, 1.807) is 0 Å². The number of hydrogen-bond acceptors (Lipinski definition) is 4. The molecular formula is C17H23N3O2. The topological polar surface area (TPSA) is 67.2 Å². The van der Waals surface area contributed by atoms with Gasteiger partial charge in [0.15, 0.2) is 0 Å². The largest absolute Gasteiger partial charge is 0.506 e. The number of nitrogens with one attached hydrogen (secondary N) is 1. The van der Waals surface area contributed by atoms with Gasteiger partial charge in [0, 0.05) is 12.6 Å². The minimum Gasteiger partial charge on any atom is -0.506 e. The molecule has 0 radical (unpaired) electrons. The Labute approximate surface area is 130 Å². The fourth-order valence-corrected chi connectivity index (χ4v) is 2.22. The molecule has 0 saturated heterocycles. The molecule has 1 heterocycles. The van der Waals surface area contributed by atoms with Gasteiger partial charge < -0.3 is 10.4 Å². The summed E-state index contributed by atoms with van der Waals surface area (Å²) in [4.78, 5) is 12.0. The average molecular weight is 301 g/mol. The SMILES string of the molecule is CCCCc1ccc(-n2nc(CNCC)c(O)cc2=O)cc1. The summed E-state index contributed by atoms with van der Waals surface area (Å²) in [5, 5.41) is 17.2. The van der Waals surface area contributed by atoms with Crippen molar-refractivity contribution in [1.82, 2.24) is 15.1 Å². The summed E-state index contributed by atoms with van der Waals surface area (Å²) in [6.45, 7) is 5.34. The predicted octanol–water partition coefficient (Wildman–Crippen LogP) is 2.39. The molecule has 0 spiro atoms. The summed E-state index contributed by atoms with van der Waals surface area (Å²) in [5.74, 6) is -0.0678. The monoisotopic (exact) mass is 301 g/mol. The van der Waals surface area contributed by atoms with Crippen molar-refractivity contribution in [3.05, 3.63) is 51.9 Å². The van der Waals surface area contributed by atoms with Crippen molar-refractivity contribution in [1.29, 1.82) is 0 Å². The lowest BCUT2D eigenvalue weighted by atomic mass is 10.1. The first kappa shape index (κ1) is 16.2. The van der Waals surface area contributed by atoms with Gasteiger partial charge in [-0.05, 0) is 37.1 Å². The molecule has 0 saturated carbocycles. The molecule has 0 unspecified atom stereocenters. The maximum atomic E-state index is 12.0. The number of aromatic hydroxyl groups is 1. The highest BCUT2D eigenvalue weighted by molar-refractivity contribution is 5.35. The fourth-order valence-electron chi connectivity index (χ4n) is 2.22. The van der Waals surface area contributed by atoms with Crippen LogP contribution in [-0.2, 0) is 13.0 Å². The molecule has 2 aromatic rings. The Balaban J connectivity index is 2.29. The summed E-state index contributed by atoms with van der Waals surface area (Å²) in [7, 11) is 0. The molecular weight excluding hydrogens is 278 g/mol. The van der Waals surface area contributed by atoms with Gasteiger partial charge in [-0.1, -0.05) is 32.4 Å². The molecule has 2 rings (SSSR count). The molecule has 118 valence electrons. The minimum atomic E-state index is -0.334. The number of benzene rings is 1. The first-order chi connectivity index (χ1) is 10.7.